The molecule has 1 amide bonds. The summed E-state index contributed by atoms with van der Waals surface area (Å²) in [5, 5.41) is 0. The van der Waals surface area contributed by atoms with Crippen molar-refractivity contribution in [1.82, 2.24) is 4.90 Å². The molecule has 0 radical (unpaired) electrons. The molecule has 94 valence electrons. The van der Waals surface area contributed by atoms with Crippen LogP contribution in [-0.4, -0.2) is 24.0 Å². The number of hydrogen-bond acceptors (Lipinski definition) is 1. The highest BCUT2D eigenvalue weighted by atomic mass is 19.4. The molecule has 0 aliphatic carbocycles. The molecule has 0 spiro atoms. The third kappa shape index (κ3) is 4.89. The van der Waals surface area contributed by atoms with Gasteiger partial charge >= 0.3 is 6.18 Å². The molecule has 0 aliphatic heterocycles. The minimum absolute atomic E-state index is 0.190. The molecule has 0 atom stereocenters. The largest absolute Gasteiger partial charge is 0.397 e. The number of hydrogen-bond donors (Lipinski definition) is 0. The second-order valence-corrected chi connectivity index (χ2v) is 4.03. The van der Waals surface area contributed by atoms with E-state index in [9.17, 15) is 18.0 Å². The Morgan fingerprint density at radius 2 is 1.76 bits per heavy atom. The summed E-state index contributed by atoms with van der Waals surface area (Å²) in [5.41, 5.74) is 1.88. The van der Waals surface area contributed by atoms with Crippen LogP contribution in [0.4, 0.5) is 13.2 Å². The van der Waals surface area contributed by atoms with E-state index in [0.717, 1.165) is 16.0 Å². The lowest BCUT2D eigenvalue weighted by Crippen LogP contribution is -2.30. The van der Waals surface area contributed by atoms with E-state index in [1.54, 1.807) is 12.1 Å². The summed E-state index contributed by atoms with van der Waals surface area (Å²) in [6.07, 6.45) is -5.85. The molecule has 1 rings (SSSR count). The summed E-state index contributed by atoms with van der Waals surface area (Å²) in [6, 6.07) is 7.31. The van der Waals surface area contributed by atoms with Gasteiger partial charge in [-0.25, -0.2) is 0 Å². The average Bonchev–Trinajstić information content (AvgIpc) is 2.19. The maximum absolute atomic E-state index is 12.0. The number of carbonyl (C=O) groups excluding carboxylic acids is 1. The molecule has 0 aromatic heterocycles. The number of alkyl halides is 3. The molecule has 0 bridgehead atoms. The first kappa shape index (κ1) is 13.5. The second-order valence-electron chi connectivity index (χ2n) is 4.03. The van der Waals surface area contributed by atoms with Gasteiger partial charge in [-0.15, -0.1) is 0 Å². The number of rotatable bonds is 3. The molecule has 0 saturated heterocycles. The van der Waals surface area contributed by atoms with Crippen LogP contribution in [0.15, 0.2) is 24.3 Å². The van der Waals surface area contributed by atoms with Crippen LogP contribution >= 0.6 is 0 Å². The van der Waals surface area contributed by atoms with Crippen LogP contribution in [-0.2, 0) is 11.3 Å². The first-order chi connectivity index (χ1) is 7.78. The summed E-state index contributed by atoms with van der Waals surface area (Å²) >= 11 is 0. The molecular formula is C12H14F3NO. The van der Waals surface area contributed by atoms with E-state index in [4.69, 9.17) is 0 Å². The Morgan fingerprint density at radius 1 is 1.24 bits per heavy atom. The maximum Gasteiger partial charge on any atom is 0.397 e. The normalized spacial score (nSPS) is 11.4. The predicted octanol–water partition coefficient (Wildman–Crippen LogP) is 2.91. The molecule has 1 aromatic carbocycles. The zero-order chi connectivity index (χ0) is 13.1. The second kappa shape index (κ2) is 5.21. The molecule has 17 heavy (non-hydrogen) atoms. The van der Waals surface area contributed by atoms with Crippen LogP contribution in [0.2, 0.25) is 0 Å². The van der Waals surface area contributed by atoms with E-state index >= 15 is 0 Å². The lowest BCUT2D eigenvalue weighted by Gasteiger charge is -2.18. The molecular weight excluding hydrogens is 231 g/mol. The zero-order valence-electron chi connectivity index (χ0n) is 9.71. The van der Waals surface area contributed by atoms with Crippen molar-refractivity contribution in [2.75, 3.05) is 7.05 Å². The lowest BCUT2D eigenvalue weighted by molar-refractivity contribution is -0.160. The summed E-state index contributed by atoms with van der Waals surface area (Å²) in [6.45, 7) is 2.11. The molecule has 0 unspecified atom stereocenters. The number of aryl methyl sites for hydroxylation is 1. The summed E-state index contributed by atoms with van der Waals surface area (Å²) in [4.78, 5) is 12.3. The standard InChI is InChI=1S/C12H14F3NO/c1-9-3-5-10(6-4-9)8-16(2)11(17)7-12(13,14)15/h3-6H,7-8H2,1-2H3. The fourth-order valence-corrected chi connectivity index (χ4v) is 1.36. The Hall–Kier alpha value is -1.52. The van der Waals surface area contributed by atoms with Crippen LogP contribution in [0.1, 0.15) is 17.5 Å². The summed E-state index contributed by atoms with van der Waals surface area (Å²) < 4.78 is 36.0. The SMILES string of the molecule is Cc1ccc(CN(C)C(=O)CC(F)(F)F)cc1. The van der Waals surface area contributed by atoms with Crippen molar-refractivity contribution in [2.45, 2.75) is 26.1 Å². The van der Waals surface area contributed by atoms with Gasteiger partial charge < -0.3 is 4.90 Å². The van der Waals surface area contributed by atoms with Crippen LogP contribution in [0, 0.1) is 6.92 Å². The molecule has 5 heteroatoms. The van der Waals surface area contributed by atoms with E-state index < -0.39 is 18.5 Å². The van der Waals surface area contributed by atoms with Crippen molar-refractivity contribution in [1.29, 1.82) is 0 Å². The van der Waals surface area contributed by atoms with Gasteiger partial charge in [0.15, 0.2) is 0 Å². The summed E-state index contributed by atoms with van der Waals surface area (Å²) in [5.74, 6) is -0.918. The Bertz CT molecular complexity index is 384. The van der Waals surface area contributed by atoms with Gasteiger partial charge in [0.05, 0.1) is 0 Å². The summed E-state index contributed by atoms with van der Waals surface area (Å²) in [7, 11) is 1.37. The van der Waals surface area contributed by atoms with Crippen LogP contribution < -0.4 is 0 Å². The Kier molecular flexibility index (Phi) is 4.15. The molecule has 0 fully saturated rings. The molecule has 0 N–H and O–H groups in total. The fraction of sp³-hybridized carbons (Fsp3) is 0.417. The smallest absolute Gasteiger partial charge is 0.341 e. The zero-order valence-corrected chi connectivity index (χ0v) is 9.71. The van der Waals surface area contributed by atoms with Crippen molar-refractivity contribution in [2.24, 2.45) is 0 Å². The highest BCUT2D eigenvalue weighted by Gasteiger charge is 2.32. The molecule has 1 aromatic rings. The number of benzene rings is 1. The van der Waals surface area contributed by atoms with Gasteiger partial charge in [-0.05, 0) is 12.5 Å². The molecule has 0 saturated carbocycles. The minimum atomic E-state index is -4.45. The van der Waals surface area contributed by atoms with Crippen molar-refractivity contribution >= 4 is 5.91 Å². The van der Waals surface area contributed by atoms with Gasteiger partial charge in [-0.3, -0.25) is 4.79 Å². The van der Waals surface area contributed by atoms with Crippen molar-refractivity contribution in [3.63, 3.8) is 0 Å². The average molecular weight is 245 g/mol. The van der Waals surface area contributed by atoms with E-state index in [1.165, 1.54) is 7.05 Å². The predicted molar refractivity (Wildman–Crippen MR) is 58.3 cm³/mol. The Morgan fingerprint density at radius 3 is 2.24 bits per heavy atom. The van der Waals surface area contributed by atoms with Gasteiger partial charge in [0.2, 0.25) is 5.91 Å². The third-order valence-electron chi connectivity index (χ3n) is 2.32. The number of nitrogens with zero attached hydrogens (tertiary/aromatic N) is 1. The van der Waals surface area contributed by atoms with Gasteiger partial charge in [0.25, 0.3) is 0 Å². The lowest BCUT2D eigenvalue weighted by atomic mass is 10.1. The van der Waals surface area contributed by atoms with E-state index in [2.05, 4.69) is 0 Å². The first-order valence-electron chi connectivity index (χ1n) is 5.14. The number of halogens is 3. The highest BCUT2D eigenvalue weighted by Crippen LogP contribution is 2.20. The van der Waals surface area contributed by atoms with Crippen molar-refractivity contribution in [3.05, 3.63) is 35.4 Å². The van der Waals surface area contributed by atoms with E-state index in [0.29, 0.717) is 0 Å². The van der Waals surface area contributed by atoms with Gasteiger partial charge in [0.1, 0.15) is 6.42 Å². The van der Waals surface area contributed by atoms with E-state index in [1.807, 2.05) is 19.1 Å². The molecule has 0 heterocycles. The van der Waals surface area contributed by atoms with Gasteiger partial charge in [-0.1, -0.05) is 29.8 Å². The monoisotopic (exact) mass is 245 g/mol. The van der Waals surface area contributed by atoms with Crippen LogP contribution in [0.25, 0.3) is 0 Å². The first-order valence-corrected chi connectivity index (χ1v) is 5.14. The number of carbonyl (C=O) groups is 1. The van der Waals surface area contributed by atoms with Gasteiger partial charge in [-0.2, -0.15) is 13.2 Å². The quantitative estimate of drug-likeness (QED) is 0.801. The Labute approximate surface area is 98.0 Å². The molecule has 2 nitrogen and oxygen atoms in total. The Balaban J connectivity index is 2.57. The fourth-order valence-electron chi connectivity index (χ4n) is 1.36. The highest BCUT2D eigenvalue weighted by molar-refractivity contribution is 5.76. The third-order valence-corrected chi connectivity index (χ3v) is 2.32. The van der Waals surface area contributed by atoms with Crippen LogP contribution in [0.5, 0.6) is 0 Å². The van der Waals surface area contributed by atoms with Gasteiger partial charge in [0, 0.05) is 13.6 Å². The van der Waals surface area contributed by atoms with Crippen molar-refractivity contribution in [3.8, 4) is 0 Å². The number of amides is 1. The van der Waals surface area contributed by atoms with E-state index in [-0.39, 0.29) is 6.54 Å². The maximum atomic E-state index is 12.0. The van der Waals surface area contributed by atoms with Crippen LogP contribution in [0.3, 0.4) is 0 Å². The topological polar surface area (TPSA) is 20.3 Å². The molecule has 0 aliphatic rings. The van der Waals surface area contributed by atoms with Crippen molar-refractivity contribution < 1.29 is 18.0 Å². The minimum Gasteiger partial charge on any atom is -0.341 e.